The van der Waals surface area contributed by atoms with Crippen molar-refractivity contribution in [2.45, 2.75) is 18.7 Å². The van der Waals surface area contributed by atoms with E-state index in [1.165, 1.54) is 18.5 Å². The van der Waals surface area contributed by atoms with Crippen LogP contribution in [0.1, 0.15) is 12.5 Å². The van der Waals surface area contributed by atoms with Gasteiger partial charge in [-0.15, -0.1) is 0 Å². The van der Waals surface area contributed by atoms with Gasteiger partial charge in [0.2, 0.25) is 0 Å². The zero-order valence-electron chi connectivity index (χ0n) is 19.9. The third-order valence-corrected chi connectivity index (χ3v) is 7.35. The minimum Gasteiger partial charge on any atom is -0.495 e. The van der Waals surface area contributed by atoms with Crippen molar-refractivity contribution in [3.63, 3.8) is 0 Å². The number of amides is 1. The summed E-state index contributed by atoms with van der Waals surface area (Å²) < 4.78 is 43.5. The van der Waals surface area contributed by atoms with Crippen LogP contribution in [0, 0.1) is 6.92 Å². The van der Waals surface area contributed by atoms with E-state index in [0.29, 0.717) is 33.6 Å². The second-order valence-electron chi connectivity index (χ2n) is 7.50. The van der Waals surface area contributed by atoms with Crippen molar-refractivity contribution < 1.29 is 27.4 Å². The van der Waals surface area contributed by atoms with E-state index >= 15 is 0 Å². The molecule has 3 aromatic rings. The van der Waals surface area contributed by atoms with Gasteiger partial charge in [0.25, 0.3) is 15.9 Å². The molecule has 1 N–H and O–H groups in total. The van der Waals surface area contributed by atoms with Crippen LogP contribution in [0.2, 0.25) is 5.02 Å². The number of carbonyl (C=O) groups is 1. The van der Waals surface area contributed by atoms with Crippen LogP contribution in [0.3, 0.4) is 0 Å². The van der Waals surface area contributed by atoms with Gasteiger partial charge in [-0.05, 0) is 50.2 Å². The number of nitrogens with one attached hydrogen (secondary N) is 1. The van der Waals surface area contributed by atoms with E-state index in [9.17, 15) is 13.2 Å². The summed E-state index contributed by atoms with van der Waals surface area (Å²) in [5, 5.41) is 3.05. The molecule has 35 heavy (non-hydrogen) atoms. The van der Waals surface area contributed by atoms with Gasteiger partial charge in [0.05, 0.1) is 35.5 Å². The summed E-state index contributed by atoms with van der Waals surface area (Å²) in [6, 6.07) is 16.3. The molecular weight excluding hydrogens is 492 g/mol. The zero-order chi connectivity index (χ0) is 25.6. The van der Waals surface area contributed by atoms with Gasteiger partial charge in [-0.3, -0.25) is 9.10 Å². The molecule has 186 valence electrons. The number of nitrogens with zero attached hydrogens (tertiary/aromatic N) is 1. The highest BCUT2D eigenvalue weighted by Gasteiger charge is 2.23. The second-order valence-corrected chi connectivity index (χ2v) is 9.77. The minimum atomic E-state index is -3.71. The molecule has 0 fully saturated rings. The molecule has 3 aromatic carbocycles. The zero-order valence-corrected chi connectivity index (χ0v) is 21.4. The lowest BCUT2D eigenvalue weighted by molar-refractivity contribution is -0.118. The smallest absolute Gasteiger partial charge is 0.264 e. The van der Waals surface area contributed by atoms with Crippen molar-refractivity contribution in [2.75, 3.05) is 37.0 Å². The lowest BCUT2D eigenvalue weighted by atomic mass is 10.2. The quantitative estimate of drug-likeness (QED) is 0.410. The molecule has 0 atom stereocenters. The second kappa shape index (κ2) is 11.3. The first kappa shape index (κ1) is 26.2. The van der Waals surface area contributed by atoms with Crippen molar-refractivity contribution in [2.24, 2.45) is 0 Å². The van der Waals surface area contributed by atoms with E-state index in [4.69, 9.17) is 25.8 Å². The Morgan fingerprint density at radius 3 is 2.17 bits per heavy atom. The Hall–Kier alpha value is -3.43. The van der Waals surface area contributed by atoms with Gasteiger partial charge >= 0.3 is 0 Å². The standard InChI is InChI=1S/C25H27ClN2O6S/c1-5-28(35(30,31)20-12-6-17(2)7-13-20)18-8-10-19(11-9-18)34-16-25(29)27-22-15-23(32-3)21(26)14-24(22)33-4/h6-15H,5,16H2,1-4H3,(H,27,29). The third kappa shape index (κ3) is 6.17. The molecule has 0 saturated heterocycles. The van der Waals surface area contributed by atoms with Crippen molar-refractivity contribution in [3.8, 4) is 17.2 Å². The highest BCUT2D eigenvalue weighted by Crippen LogP contribution is 2.35. The minimum absolute atomic E-state index is 0.219. The molecule has 3 rings (SSSR count). The fourth-order valence-electron chi connectivity index (χ4n) is 3.33. The summed E-state index contributed by atoms with van der Waals surface area (Å²) in [5.41, 5.74) is 1.85. The van der Waals surface area contributed by atoms with Crippen LogP contribution in [-0.4, -0.2) is 41.7 Å². The van der Waals surface area contributed by atoms with E-state index in [1.54, 1.807) is 67.6 Å². The molecule has 0 saturated carbocycles. The number of aryl methyl sites for hydroxylation is 1. The predicted octanol–water partition coefficient (Wildman–Crippen LogP) is 4.90. The maximum atomic E-state index is 13.1. The highest BCUT2D eigenvalue weighted by atomic mass is 35.5. The Balaban J connectivity index is 1.67. The summed E-state index contributed by atoms with van der Waals surface area (Å²) in [7, 11) is -0.780. The Kier molecular flexibility index (Phi) is 8.48. The Morgan fingerprint density at radius 2 is 1.60 bits per heavy atom. The average molecular weight is 519 g/mol. The molecule has 0 aromatic heterocycles. The fraction of sp³-hybridized carbons (Fsp3) is 0.240. The maximum absolute atomic E-state index is 13.1. The number of anilines is 2. The van der Waals surface area contributed by atoms with Crippen LogP contribution in [0.25, 0.3) is 0 Å². The number of rotatable bonds is 10. The number of benzene rings is 3. The summed E-state index contributed by atoms with van der Waals surface area (Å²) in [5.74, 6) is 0.755. The number of carbonyl (C=O) groups excluding carboxylic acids is 1. The van der Waals surface area contributed by atoms with E-state index in [-0.39, 0.29) is 18.0 Å². The summed E-state index contributed by atoms with van der Waals surface area (Å²) >= 11 is 6.09. The van der Waals surface area contributed by atoms with Crippen LogP contribution in [0.5, 0.6) is 17.2 Å². The molecule has 10 heteroatoms. The first-order valence-corrected chi connectivity index (χ1v) is 12.5. The lowest BCUT2D eigenvalue weighted by Crippen LogP contribution is -2.30. The molecule has 8 nitrogen and oxygen atoms in total. The SMILES string of the molecule is CCN(c1ccc(OCC(=O)Nc2cc(OC)c(Cl)cc2OC)cc1)S(=O)(=O)c1ccc(C)cc1. The summed E-state index contributed by atoms with van der Waals surface area (Å²) in [4.78, 5) is 12.6. The van der Waals surface area contributed by atoms with Gasteiger partial charge in [-0.1, -0.05) is 29.3 Å². The molecule has 0 radical (unpaired) electrons. The van der Waals surface area contributed by atoms with E-state index in [2.05, 4.69) is 5.32 Å². The van der Waals surface area contributed by atoms with Crippen LogP contribution in [0.15, 0.2) is 65.6 Å². The van der Waals surface area contributed by atoms with Crippen molar-refractivity contribution in [3.05, 3.63) is 71.2 Å². The van der Waals surface area contributed by atoms with E-state index in [0.717, 1.165) is 5.56 Å². The molecular formula is C25H27ClN2O6S. The van der Waals surface area contributed by atoms with Crippen molar-refractivity contribution in [1.82, 2.24) is 0 Å². The maximum Gasteiger partial charge on any atom is 0.264 e. The van der Waals surface area contributed by atoms with Gasteiger partial charge in [0.1, 0.15) is 17.2 Å². The number of ether oxygens (including phenoxy) is 3. The van der Waals surface area contributed by atoms with Crippen molar-refractivity contribution >= 4 is 38.9 Å². The predicted molar refractivity (Wildman–Crippen MR) is 137 cm³/mol. The van der Waals surface area contributed by atoms with Gasteiger partial charge < -0.3 is 19.5 Å². The van der Waals surface area contributed by atoms with Crippen LogP contribution >= 0.6 is 11.6 Å². The lowest BCUT2D eigenvalue weighted by Gasteiger charge is -2.23. The first-order chi connectivity index (χ1) is 16.7. The Bertz CT molecular complexity index is 1280. The van der Waals surface area contributed by atoms with E-state index < -0.39 is 15.9 Å². The molecule has 0 aliphatic carbocycles. The Labute approximate surface area is 210 Å². The average Bonchev–Trinajstić information content (AvgIpc) is 2.85. The monoisotopic (exact) mass is 518 g/mol. The van der Waals surface area contributed by atoms with E-state index in [1.807, 2.05) is 6.92 Å². The topological polar surface area (TPSA) is 94.2 Å². The summed E-state index contributed by atoms with van der Waals surface area (Å²) in [6.45, 7) is 3.65. The molecule has 0 heterocycles. The van der Waals surface area contributed by atoms with Crippen LogP contribution in [0.4, 0.5) is 11.4 Å². The van der Waals surface area contributed by atoms with Crippen LogP contribution in [-0.2, 0) is 14.8 Å². The van der Waals surface area contributed by atoms with Crippen LogP contribution < -0.4 is 23.8 Å². The Morgan fingerprint density at radius 1 is 0.971 bits per heavy atom. The first-order valence-electron chi connectivity index (χ1n) is 10.7. The normalized spacial score (nSPS) is 11.0. The number of sulfonamides is 1. The number of halogens is 1. The van der Waals surface area contributed by atoms with Gasteiger partial charge in [-0.2, -0.15) is 0 Å². The molecule has 0 aliphatic rings. The molecule has 0 unspecified atom stereocenters. The van der Waals surface area contributed by atoms with Gasteiger partial charge in [-0.25, -0.2) is 8.42 Å². The van der Waals surface area contributed by atoms with Gasteiger partial charge in [0.15, 0.2) is 6.61 Å². The number of hydrogen-bond donors (Lipinski definition) is 1. The molecule has 1 amide bonds. The fourth-order valence-corrected chi connectivity index (χ4v) is 5.04. The van der Waals surface area contributed by atoms with Gasteiger partial charge in [0, 0.05) is 18.7 Å². The number of methoxy groups -OCH3 is 2. The highest BCUT2D eigenvalue weighted by molar-refractivity contribution is 7.92. The third-order valence-electron chi connectivity index (χ3n) is 5.14. The summed E-state index contributed by atoms with van der Waals surface area (Å²) in [6.07, 6.45) is 0. The molecule has 0 aliphatic heterocycles. The largest absolute Gasteiger partial charge is 0.495 e. The molecule has 0 bridgehead atoms. The van der Waals surface area contributed by atoms with Crippen molar-refractivity contribution in [1.29, 1.82) is 0 Å². The molecule has 0 spiro atoms. The number of hydrogen-bond acceptors (Lipinski definition) is 6.